The molecule has 0 bridgehead atoms. The number of aryl methyl sites for hydroxylation is 1. The molecule has 3 heterocycles. The average Bonchev–Trinajstić information content (AvgIpc) is 3.31. The van der Waals surface area contributed by atoms with Gasteiger partial charge in [-0.15, -0.1) is 0 Å². The van der Waals surface area contributed by atoms with Crippen molar-refractivity contribution >= 4 is 11.4 Å². The number of hydrogen-bond acceptors (Lipinski definition) is 8. The molecule has 9 nitrogen and oxygen atoms in total. The molecule has 0 spiro atoms. The van der Waals surface area contributed by atoms with Crippen LogP contribution in [0.1, 0.15) is 25.2 Å². The number of nitrogens with zero attached hydrogens (tertiary/aromatic N) is 5. The number of rotatable bonds is 9. The van der Waals surface area contributed by atoms with Gasteiger partial charge in [-0.25, -0.2) is 9.50 Å². The highest BCUT2D eigenvalue weighted by atomic mass is 16.7. The SMILES string of the molecule is C=C(N/C(C)=C(C)/C(=N\C)c1ccn2nc(C)nc2c1)N[C@H]1CON(CCOC)C1. The van der Waals surface area contributed by atoms with Crippen LogP contribution in [-0.2, 0) is 9.57 Å². The summed E-state index contributed by atoms with van der Waals surface area (Å²) in [6.07, 6.45) is 1.90. The maximum atomic E-state index is 5.65. The molecule has 2 aromatic heterocycles. The standard InChI is InChI=1S/C21H31N7O2/c1-14(21(22-5)18-7-8-28-20(11-18)25-17(4)26-28)15(2)23-16(3)24-19-12-27(30-13-19)9-10-29-6/h7-8,11,19,23-24H,3,9-10,12-13H2,1-2,4-6H3/b15-14+,22-21+/t19-/m1/s1. The van der Waals surface area contributed by atoms with Crippen LogP contribution in [0.5, 0.6) is 0 Å². The van der Waals surface area contributed by atoms with Crippen LogP contribution in [0.25, 0.3) is 5.65 Å². The van der Waals surface area contributed by atoms with E-state index in [1.807, 2.05) is 44.2 Å². The zero-order valence-electron chi connectivity index (χ0n) is 18.4. The van der Waals surface area contributed by atoms with Crippen molar-refractivity contribution in [3.8, 4) is 0 Å². The lowest BCUT2D eigenvalue weighted by Gasteiger charge is -2.19. The van der Waals surface area contributed by atoms with Crippen LogP contribution in [-0.4, -0.2) is 71.9 Å². The van der Waals surface area contributed by atoms with Gasteiger partial charge in [-0.2, -0.15) is 10.2 Å². The summed E-state index contributed by atoms with van der Waals surface area (Å²) in [7, 11) is 3.48. The Kier molecular flexibility index (Phi) is 7.20. The van der Waals surface area contributed by atoms with E-state index in [4.69, 9.17) is 9.57 Å². The van der Waals surface area contributed by atoms with Gasteiger partial charge in [0.25, 0.3) is 0 Å². The Labute approximate surface area is 177 Å². The zero-order valence-corrected chi connectivity index (χ0v) is 18.4. The Bertz CT molecular complexity index is 963. The summed E-state index contributed by atoms with van der Waals surface area (Å²) >= 11 is 0. The lowest BCUT2D eigenvalue weighted by Crippen LogP contribution is -2.38. The highest BCUT2D eigenvalue weighted by Gasteiger charge is 2.23. The molecule has 3 rings (SSSR count). The second kappa shape index (κ2) is 9.84. The Hall–Kier alpha value is -2.75. The topological polar surface area (TPSA) is 88.3 Å². The highest BCUT2D eigenvalue weighted by molar-refractivity contribution is 6.13. The second-order valence-electron chi connectivity index (χ2n) is 7.32. The van der Waals surface area contributed by atoms with E-state index in [1.54, 1.807) is 18.7 Å². The van der Waals surface area contributed by atoms with E-state index < -0.39 is 0 Å². The Morgan fingerprint density at radius 1 is 1.43 bits per heavy atom. The lowest BCUT2D eigenvalue weighted by molar-refractivity contribution is -0.118. The number of ether oxygens (including phenoxy) is 1. The van der Waals surface area contributed by atoms with E-state index in [-0.39, 0.29) is 6.04 Å². The normalized spacial score (nSPS) is 18.6. The molecule has 9 heteroatoms. The van der Waals surface area contributed by atoms with Gasteiger partial charge < -0.3 is 15.4 Å². The molecule has 2 N–H and O–H groups in total. The van der Waals surface area contributed by atoms with Gasteiger partial charge in [0, 0.05) is 44.7 Å². The molecule has 1 fully saturated rings. The van der Waals surface area contributed by atoms with E-state index >= 15 is 0 Å². The summed E-state index contributed by atoms with van der Waals surface area (Å²) in [5.41, 5.74) is 4.69. The maximum Gasteiger partial charge on any atom is 0.156 e. The quantitative estimate of drug-likeness (QED) is 0.605. The summed E-state index contributed by atoms with van der Waals surface area (Å²) in [4.78, 5) is 14.6. The Morgan fingerprint density at radius 2 is 2.23 bits per heavy atom. The minimum atomic E-state index is 0.174. The molecule has 0 unspecified atom stereocenters. The highest BCUT2D eigenvalue weighted by Crippen LogP contribution is 2.15. The van der Waals surface area contributed by atoms with Crippen LogP contribution in [0.15, 0.2) is 47.0 Å². The molecule has 162 valence electrons. The van der Waals surface area contributed by atoms with Crippen molar-refractivity contribution in [2.75, 3.05) is 40.5 Å². The molecule has 1 saturated heterocycles. The van der Waals surface area contributed by atoms with Crippen LogP contribution < -0.4 is 10.6 Å². The van der Waals surface area contributed by atoms with E-state index in [1.165, 1.54) is 0 Å². The molecule has 1 aliphatic rings. The lowest BCUT2D eigenvalue weighted by atomic mass is 10.0. The average molecular weight is 414 g/mol. The Balaban J connectivity index is 1.64. The molecule has 0 aliphatic carbocycles. The summed E-state index contributed by atoms with van der Waals surface area (Å²) in [6.45, 7) is 12.8. The van der Waals surface area contributed by atoms with E-state index in [0.717, 1.165) is 52.9 Å². The fourth-order valence-corrected chi connectivity index (χ4v) is 3.42. The number of fused-ring (bicyclic) bond motifs is 1. The van der Waals surface area contributed by atoms with Gasteiger partial charge in [-0.1, -0.05) is 6.58 Å². The first kappa shape index (κ1) is 21.9. The fraction of sp³-hybridized carbons (Fsp3) is 0.476. The van der Waals surface area contributed by atoms with Crippen molar-refractivity contribution < 1.29 is 9.57 Å². The van der Waals surface area contributed by atoms with Crippen molar-refractivity contribution in [3.63, 3.8) is 0 Å². The van der Waals surface area contributed by atoms with Crippen molar-refractivity contribution in [1.82, 2.24) is 30.3 Å². The zero-order chi connectivity index (χ0) is 21.7. The third-order valence-electron chi connectivity index (χ3n) is 5.00. The van der Waals surface area contributed by atoms with Gasteiger partial charge in [0.2, 0.25) is 0 Å². The minimum Gasteiger partial charge on any atom is -0.383 e. The Morgan fingerprint density at radius 3 is 2.97 bits per heavy atom. The second-order valence-corrected chi connectivity index (χ2v) is 7.32. The number of pyridine rings is 1. The molecular formula is C21H31N7O2. The van der Waals surface area contributed by atoms with Crippen LogP contribution in [0.4, 0.5) is 0 Å². The first-order valence-electron chi connectivity index (χ1n) is 9.98. The molecule has 0 aromatic carbocycles. The largest absolute Gasteiger partial charge is 0.383 e. The number of nitrogens with one attached hydrogen (secondary N) is 2. The molecule has 1 aliphatic heterocycles. The number of aromatic nitrogens is 3. The molecule has 0 radical (unpaired) electrons. The van der Waals surface area contributed by atoms with Gasteiger partial charge in [-0.05, 0) is 38.5 Å². The van der Waals surface area contributed by atoms with Gasteiger partial charge in [-0.3, -0.25) is 9.83 Å². The first-order chi connectivity index (χ1) is 14.4. The third kappa shape index (κ3) is 5.24. The van der Waals surface area contributed by atoms with Crippen molar-refractivity contribution in [3.05, 3.63) is 53.4 Å². The number of hydroxylamine groups is 2. The van der Waals surface area contributed by atoms with Crippen LogP contribution in [0.2, 0.25) is 0 Å². The van der Waals surface area contributed by atoms with E-state index in [0.29, 0.717) is 13.2 Å². The molecule has 1 atom stereocenters. The van der Waals surface area contributed by atoms with Crippen LogP contribution in [0.3, 0.4) is 0 Å². The number of hydrogen-bond donors (Lipinski definition) is 2. The van der Waals surface area contributed by atoms with Crippen molar-refractivity contribution in [2.45, 2.75) is 26.8 Å². The first-order valence-corrected chi connectivity index (χ1v) is 9.98. The number of allylic oxidation sites excluding steroid dienone is 2. The summed E-state index contributed by atoms with van der Waals surface area (Å²) in [5.74, 6) is 1.47. The van der Waals surface area contributed by atoms with Gasteiger partial charge in [0.15, 0.2) is 5.65 Å². The van der Waals surface area contributed by atoms with E-state index in [2.05, 4.69) is 32.3 Å². The minimum absolute atomic E-state index is 0.174. The van der Waals surface area contributed by atoms with Crippen LogP contribution in [0, 0.1) is 6.92 Å². The molecule has 2 aromatic rings. The van der Waals surface area contributed by atoms with Crippen molar-refractivity contribution in [1.29, 1.82) is 0 Å². The molecule has 30 heavy (non-hydrogen) atoms. The molecular weight excluding hydrogens is 382 g/mol. The van der Waals surface area contributed by atoms with E-state index in [9.17, 15) is 0 Å². The number of aliphatic imine (C=N–C) groups is 1. The predicted octanol–water partition coefficient (Wildman–Crippen LogP) is 1.66. The van der Waals surface area contributed by atoms with Gasteiger partial charge in [0.05, 0.1) is 30.8 Å². The van der Waals surface area contributed by atoms with Crippen molar-refractivity contribution in [2.24, 2.45) is 4.99 Å². The number of methoxy groups -OCH3 is 1. The monoisotopic (exact) mass is 413 g/mol. The smallest absolute Gasteiger partial charge is 0.156 e. The fourth-order valence-electron chi connectivity index (χ4n) is 3.42. The third-order valence-corrected chi connectivity index (χ3v) is 5.00. The summed E-state index contributed by atoms with van der Waals surface area (Å²) in [5, 5.41) is 13.0. The predicted molar refractivity (Wildman–Crippen MR) is 117 cm³/mol. The summed E-state index contributed by atoms with van der Waals surface area (Å²) < 4.78 is 6.86. The van der Waals surface area contributed by atoms with Gasteiger partial charge in [0.1, 0.15) is 5.82 Å². The van der Waals surface area contributed by atoms with Gasteiger partial charge >= 0.3 is 0 Å². The molecule has 0 amide bonds. The molecule has 0 saturated carbocycles. The summed E-state index contributed by atoms with van der Waals surface area (Å²) in [6, 6.07) is 4.17. The maximum absolute atomic E-state index is 5.65. The van der Waals surface area contributed by atoms with Crippen LogP contribution >= 0.6 is 0 Å².